The first-order valence-electron chi connectivity index (χ1n) is 7.11. The van der Waals surface area contributed by atoms with Crippen LogP contribution in [0.4, 0.5) is 5.69 Å². The summed E-state index contributed by atoms with van der Waals surface area (Å²) in [5.41, 5.74) is 2.09. The quantitative estimate of drug-likeness (QED) is 0.503. The average molecular weight is 319 g/mol. The third kappa shape index (κ3) is 1.87. The minimum absolute atomic E-state index is 0.0650. The molecule has 1 aromatic carbocycles. The predicted octanol–water partition coefficient (Wildman–Crippen LogP) is 1.01. The van der Waals surface area contributed by atoms with Crippen molar-refractivity contribution in [3.05, 3.63) is 28.8 Å². The van der Waals surface area contributed by atoms with Crippen LogP contribution in [0.25, 0.3) is 0 Å². The lowest BCUT2D eigenvalue weighted by Gasteiger charge is -2.12. The van der Waals surface area contributed by atoms with Crippen molar-refractivity contribution >= 4 is 40.7 Å². The minimum atomic E-state index is -0.482. The van der Waals surface area contributed by atoms with Crippen molar-refractivity contribution in [3.8, 4) is 0 Å². The second-order valence-corrected chi connectivity index (χ2v) is 5.86. The van der Waals surface area contributed by atoms with Crippen LogP contribution in [0.15, 0.2) is 23.2 Å². The summed E-state index contributed by atoms with van der Waals surface area (Å²) in [4.78, 5) is 28.5. The van der Waals surface area contributed by atoms with Gasteiger partial charge in [0.2, 0.25) is 6.04 Å². The zero-order valence-electron chi connectivity index (χ0n) is 11.8. The Morgan fingerprint density at radius 2 is 2.36 bits per heavy atom. The Hall–Kier alpha value is -2.21. The molecule has 1 N–H and O–H groups in total. The number of benzene rings is 1. The van der Waals surface area contributed by atoms with Gasteiger partial charge in [0.05, 0.1) is 6.61 Å². The van der Waals surface area contributed by atoms with Crippen LogP contribution in [0.5, 0.6) is 0 Å². The molecule has 22 heavy (non-hydrogen) atoms. The number of carbonyl (C=O) groups excluding carboxylic acids is 2. The number of amides is 1. The topological polar surface area (TPSA) is 70.8 Å². The van der Waals surface area contributed by atoms with Crippen LogP contribution in [0.2, 0.25) is 5.02 Å². The molecule has 0 spiro atoms. The van der Waals surface area contributed by atoms with E-state index in [0.717, 1.165) is 11.3 Å². The van der Waals surface area contributed by atoms with Crippen LogP contribution in [0.3, 0.4) is 0 Å². The molecule has 6 nitrogen and oxygen atoms in total. The summed E-state index contributed by atoms with van der Waals surface area (Å²) in [6, 6.07) is 5.31. The van der Waals surface area contributed by atoms with Gasteiger partial charge in [-0.1, -0.05) is 11.6 Å². The van der Waals surface area contributed by atoms with Gasteiger partial charge < -0.3 is 10.1 Å². The van der Waals surface area contributed by atoms with Crippen LogP contribution in [-0.2, 0) is 20.7 Å². The van der Waals surface area contributed by atoms with Crippen LogP contribution in [0.1, 0.15) is 12.5 Å². The summed E-state index contributed by atoms with van der Waals surface area (Å²) < 4.78 is 6.86. The maximum atomic E-state index is 12.4. The number of esters is 1. The molecule has 1 fully saturated rings. The van der Waals surface area contributed by atoms with Gasteiger partial charge in [0, 0.05) is 17.1 Å². The van der Waals surface area contributed by atoms with E-state index < -0.39 is 5.97 Å². The number of carbonyl (C=O) groups is 2. The highest BCUT2D eigenvalue weighted by atomic mass is 35.5. The van der Waals surface area contributed by atoms with E-state index in [9.17, 15) is 9.59 Å². The second kappa shape index (κ2) is 4.64. The molecule has 0 radical (unpaired) electrons. The summed E-state index contributed by atoms with van der Waals surface area (Å²) >= 11 is 6.04. The summed E-state index contributed by atoms with van der Waals surface area (Å²) in [6.07, 6.45) is 0.697. The highest BCUT2D eigenvalue weighted by Crippen LogP contribution is 2.37. The molecule has 0 bridgehead atoms. The van der Waals surface area contributed by atoms with Crippen molar-refractivity contribution in [1.82, 2.24) is 0 Å². The molecule has 2 unspecified atom stereocenters. The number of halogens is 1. The number of rotatable bonds is 2. The lowest BCUT2D eigenvalue weighted by molar-refractivity contribution is -0.369. The van der Waals surface area contributed by atoms with Gasteiger partial charge in [-0.3, -0.25) is 4.79 Å². The highest BCUT2D eigenvalue weighted by molar-refractivity contribution is 6.51. The fourth-order valence-corrected chi connectivity index (χ4v) is 3.32. The van der Waals surface area contributed by atoms with E-state index in [-0.39, 0.29) is 30.4 Å². The van der Waals surface area contributed by atoms with Gasteiger partial charge in [-0.15, -0.1) is 0 Å². The van der Waals surface area contributed by atoms with Crippen molar-refractivity contribution in [2.75, 3.05) is 11.9 Å². The van der Waals surface area contributed by atoms with Crippen molar-refractivity contribution < 1.29 is 18.9 Å². The Morgan fingerprint density at radius 3 is 3.14 bits per heavy atom. The smallest absolute Gasteiger partial charge is 0.425 e. The largest absolute Gasteiger partial charge is 0.457 e. The van der Waals surface area contributed by atoms with E-state index in [1.165, 1.54) is 0 Å². The molecule has 0 saturated carbocycles. The van der Waals surface area contributed by atoms with Gasteiger partial charge in [-0.2, -0.15) is 0 Å². The van der Waals surface area contributed by atoms with Crippen LogP contribution >= 0.6 is 11.6 Å². The number of hydrogen-bond acceptors (Lipinski definition) is 4. The third-order valence-electron chi connectivity index (χ3n) is 4.12. The lowest BCUT2D eigenvalue weighted by atomic mass is 10.0. The molecule has 0 aromatic heterocycles. The van der Waals surface area contributed by atoms with E-state index in [0.29, 0.717) is 17.2 Å². The molecule has 112 valence electrons. The fourth-order valence-electron chi connectivity index (χ4n) is 3.13. The number of fused-ring (bicyclic) bond motifs is 2. The number of hydrogen-bond donors (Lipinski definition) is 1. The van der Waals surface area contributed by atoms with Crippen LogP contribution in [-0.4, -0.2) is 46.7 Å². The minimum Gasteiger partial charge on any atom is -0.457 e. The van der Waals surface area contributed by atoms with Crippen LogP contribution < -0.4 is 5.32 Å². The zero-order valence-corrected chi connectivity index (χ0v) is 12.6. The molecule has 3 aliphatic heterocycles. The molecule has 7 heteroatoms. The molecular formula is C15H13ClN3O3+. The van der Waals surface area contributed by atoms with E-state index in [4.69, 9.17) is 16.3 Å². The van der Waals surface area contributed by atoms with Crippen molar-refractivity contribution in [3.63, 3.8) is 0 Å². The zero-order chi connectivity index (χ0) is 15.4. The lowest BCUT2D eigenvalue weighted by Crippen LogP contribution is -2.31. The van der Waals surface area contributed by atoms with E-state index in [1.807, 2.05) is 10.6 Å². The van der Waals surface area contributed by atoms with Gasteiger partial charge in [-0.05, 0) is 35.7 Å². The number of aliphatic imine (C=N–C) groups is 1. The van der Waals surface area contributed by atoms with E-state index in [2.05, 4.69) is 10.3 Å². The molecular weight excluding hydrogens is 306 g/mol. The molecule has 1 saturated heterocycles. The van der Waals surface area contributed by atoms with Gasteiger partial charge in [-0.25, -0.2) is 9.37 Å². The SMILES string of the molecule is CCOC(=O)C1=[N+]2C3Cc4cc(Cl)ccc4NC(=O)C(=N1)C32. The van der Waals surface area contributed by atoms with Gasteiger partial charge in [0.15, 0.2) is 0 Å². The van der Waals surface area contributed by atoms with E-state index in [1.54, 1.807) is 19.1 Å². The molecule has 1 amide bonds. The molecule has 2 atom stereocenters. The van der Waals surface area contributed by atoms with Gasteiger partial charge in [0.1, 0.15) is 6.04 Å². The van der Waals surface area contributed by atoms with Crippen molar-refractivity contribution in [2.24, 2.45) is 4.99 Å². The maximum Gasteiger partial charge on any atom is 0.425 e. The monoisotopic (exact) mass is 318 g/mol. The second-order valence-electron chi connectivity index (χ2n) is 5.42. The molecule has 0 aliphatic carbocycles. The first-order chi connectivity index (χ1) is 10.6. The maximum absolute atomic E-state index is 12.4. The Bertz CT molecular complexity index is 784. The van der Waals surface area contributed by atoms with E-state index >= 15 is 0 Å². The number of nitrogens with zero attached hydrogens (tertiary/aromatic N) is 2. The standard InChI is InChI=1S/C15H12ClN3O3/c1-2-22-15(21)13-18-11-12-10(19(12)13)6-7-5-8(16)3-4-9(7)17-14(11)20/h3-5,10,12H,2,6H2,1H3/p+1. The summed E-state index contributed by atoms with van der Waals surface area (Å²) in [7, 11) is 0. The first-order valence-corrected chi connectivity index (χ1v) is 7.48. The number of anilines is 1. The normalized spacial score (nSPS) is 24.6. The Kier molecular flexibility index (Phi) is 2.84. The van der Waals surface area contributed by atoms with Crippen molar-refractivity contribution in [1.29, 1.82) is 0 Å². The summed E-state index contributed by atoms with van der Waals surface area (Å²) in [5.74, 6) is -0.530. The Balaban J connectivity index is 1.75. The summed E-state index contributed by atoms with van der Waals surface area (Å²) in [5, 5.41) is 3.47. The fraction of sp³-hybridized carbons (Fsp3) is 0.333. The third-order valence-corrected chi connectivity index (χ3v) is 4.35. The molecule has 3 aliphatic rings. The number of amidine groups is 1. The predicted molar refractivity (Wildman–Crippen MR) is 80.7 cm³/mol. The van der Waals surface area contributed by atoms with Crippen molar-refractivity contribution in [2.45, 2.75) is 25.4 Å². The number of nitrogens with one attached hydrogen (secondary N) is 1. The van der Waals surface area contributed by atoms with Crippen LogP contribution in [0, 0.1) is 0 Å². The first kappa shape index (κ1) is 13.5. The summed E-state index contributed by atoms with van der Waals surface area (Å²) in [6.45, 7) is 2.02. The molecule has 3 heterocycles. The van der Waals surface area contributed by atoms with Gasteiger partial charge >= 0.3 is 11.8 Å². The molecule has 4 rings (SSSR count). The Labute approximate surface area is 131 Å². The highest BCUT2D eigenvalue weighted by Gasteiger charge is 2.65. The molecule has 1 aromatic rings. The average Bonchev–Trinajstić information content (AvgIpc) is 3.00. The Morgan fingerprint density at radius 1 is 1.55 bits per heavy atom. The number of ether oxygens (including phenoxy) is 1. The van der Waals surface area contributed by atoms with Gasteiger partial charge in [0.25, 0.3) is 11.6 Å².